The van der Waals surface area contributed by atoms with Crippen molar-refractivity contribution in [3.63, 3.8) is 0 Å². The van der Waals surface area contributed by atoms with E-state index in [1.807, 2.05) is 6.07 Å². The van der Waals surface area contributed by atoms with Gasteiger partial charge in [-0.2, -0.15) is 8.78 Å². The van der Waals surface area contributed by atoms with Crippen LogP contribution in [0.3, 0.4) is 0 Å². The van der Waals surface area contributed by atoms with Gasteiger partial charge in [0.2, 0.25) is 0 Å². The minimum Gasteiger partial charge on any atom is -0.434 e. The summed E-state index contributed by atoms with van der Waals surface area (Å²) < 4.78 is 30.1. The second-order valence-corrected chi connectivity index (χ2v) is 6.17. The standard InChI is InChI=1S/C14H18BrF2NO/c1-14(6-2-3-7-14)18-9-10-8-11(15)4-5-12(10)19-13(16)17/h4-5,8,13,18H,2-3,6-7,9H2,1H3. The van der Waals surface area contributed by atoms with Crippen molar-refractivity contribution >= 4 is 15.9 Å². The lowest BCUT2D eigenvalue weighted by molar-refractivity contribution is -0.0505. The molecule has 1 N–H and O–H groups in total. The number of alkyl halides is 2. The molecule has 0 bridgehead atoms. The Morgan fingerprint density at radius 1 is 1.37 bits per heavy atom. The van der Waals surface area contributed by atoms with Crippen molar-refractivity contribution in [2.24, 2.45) is 0 Å². The van der Waals surface area contributed by atoms with Crippen LogP contribution in [0.4, 0.5) is 8.78 Å². The Labute approximate surface area is 120 Å². The molecule has 0 atom stereocenters. The van der Waals surface area contributed by atoms with E-state index in [2.05, 4.69) is 32.9 Å². The summed E-state index contributed by atoms with van der Waals surface area (Å²) in [6.45, 7) is -0.0640. The highest BCUT2D eigenvalue weighted by Gasteiger charge is 2.28. The van der Waals surface area contributed by atoms with E-state index in [0.717, 1.165) is 22.9 Å². The van der Waals surface area contributed by atoms with Crippen LogP contribution >= 0.6 is 15.9 Å². The van der Waals surface area contributed by atoms with Gasteiger partial charge in [0.05, 0.1) is 0 Å². The molecule has 1 fully saturated rings. The summed E-state index contributed by atoms with van der Waals surface area (Å²) in [6.07, 6.45) is 4.71. The third-order valence-corrected chi connectivity index (χ3v) is 4.14. The molecular formula is C14H18BrF2NO. The average Bonchev–Trinajstić information content (AvgIpc) is 2.77. The van der Waals surface area contributed by atoms with Gasteiger partial charge < -0.3 is 10.1 Å². The van der Waals surface area contributed by atoms with Crippen LogP contribution in [0.1, 0.15) is 38.2 Å². The summed E-state index contributed by atoms with van der Waals surface area (Å²) in [5, 5.41) is 3.47. The van der Waals surface area contributed by atoms with E-state index < -0.39 is 6.61 Å². The molecule has 1 saturated carbocycles. The summed E-state index contributed by atoms with van der Waals surface area (Å²) >= 11 is 3.36. The van der Waals surface area contributed by atoms with E-state index in [4.69, 9.17) is 0 Å². The zero-order valence-electron chi connectivity index (χ0n) is 10.9. The number of hydrogen-bond acceptors (Lipinski definition) is 2. The molecule has 0 aliphatic heterocycles. The van der Waals surface area contributed by atoms with Crippen LogP contribution in [0.15, 0.2) is 22.7 Å². The molecule has 0 heterocycles. The molecule has 1 aliphatic carbocycles. The summed E-state index contributed by atoms with van der Waals surface area (Å²) in [6, 6.07) is 5.10. The molecule has 0 amide bonds. The fraction of sp³-hybridized carbons (Fsp3) is 0.571. The number of benzene rings is 1. The van der Waals surface area contributed by atoms with Gasteiger partial charge in [-0.05, 0) is 38.0 Å². The molecule has 1 aromatic carbocycles. The number of hydrogen-bond donors (Lipinski definition) is 1. The zero-order valence-corrected chi connectivity index (χ0v) is 12.5. The van der Waals surface area contributed by atoms with Crippen LogP contribution in [-0.2, 0) is 6.54 Å². The molecule has 0 radical (unpaired) electrons. The Kier molecular flexibility index (Phi) is 4.79. The van der Waals surface area contributed by atoms with E-state index in [1.54, 1.807) is 12.1 Å². The first-order chi connectivity index (χ1) is 8.98. The summed E-state index contributed by atoms with van der Waals surface area (Å²) in [4.78, 5) is 0. The monoisotopic (exact) mass is 333 g/mol. The van der Waals surface area contributed by atoms with Gasteiger partial charge in [-0.15, -0.1) is 0 Å². The van der Waals surface area contributed by atoms with Crippen LogP contribution in [0.5, 0.6) is 5.75 Å². The van der Waals surface area contributed by atoms with E-state index in [0.29, 0.717) is 6.54 Å². The number of nitrogens with one attached hydrogen (secondary N) is 1. The number of rotatable bonds is 5. The summed E-state index contributed by atoms with van der Waals surface area (Å²) in [5.41, 5.74) is 0.868. The molecule has 5 heteroatoms. The van der Waals surface area contributed by atoms with Crippen molar-refractivity contribution in [2.75, 3.05) is 0 Å². The van der Waals surface area contributed by atoms with Crippen molar-refractivity contribution < 1.29 is 13.5 Å². The van der Waals surface area contributed by atoms with Gasteiger partial charge in [-0.25, -0.2) is 0 Å². The third-order valence-electron chi connectivity index (χ3n) is 3.65. The van der Waals surface area contributed by atoms with E-state index in [9.17, 15) is 8.78 Å². The van der Waals surface area contributed by atoms with Crippen molar-refractivity contribution in [1.82, 2.24) is 5.32 Å². The normalized spacial score (nSPS) is 17.9. The maximum atomic E-state index is 12.4. The summed E-state index contributed by atoms with van der Waals surface area (Å²) in [5.74, 6) is 0.243. The highest BCUT2D eigenvalue weighted by molar-refractivity contribution is 9.10. The molecular weight excluding hydrogens is 316 g/mol. The first-order valence-corrected chi connectivity index (χ1v) is 7.26. The first kappa shape index (κ1) is 14.7. The fourth-order valence-electron chi connectivity index (χ4n) is 2.54. The minimum absolute atomic E-state index is 0.115. The minimum atomic E-state index is -2.79. The molecule has 2 rings (SSSR count). The van der Waals surface area contributed by atoms with E-state index >= 15 is 0 Å². The highest BCUT2D eigenvalue weighted by Crippen LogP contribution is 2.31. The van der Waals surface area contributed by atoms with Crippen LogP contribution < -0.4 is 10.1 Å². The van der Waals surface area contributed by atoms with Gasteiger partial charge in [0.15, 0.2) is 0 Å². The number of ether oxygens (including phenoxy) is 1. The van der Waals surface area contributed by atoms with Crippen molar-refractivity contribution in [3.05, 3.63) is 28.2 Å². The Morgan fingerprint density at radius 3 is 2.68 bits per heavy atom. The predicted octanol–water partition coefficient (Wildman–Crippen LogP) is 4.47. The Balaban J connectivity index is 2.07. The van der Waals surface area contributed by atoms with Crippen molar-refractivity contribution in [2.45, 2.75) is 51.3 Å². The maximum absolute atomic E-state index is 12.4. The maximum Gasteiger partial charge on any atom is 0.387 e. The quantitative estimate of drug-likeness (QED) is 0.858. The van der Waals surface area contributed by atoms with Crippen LogP contribution in [0.25, 0.3) is 0 Å². The Bertz CT molecular complexity index is 433. The average molecular weight is 334 g/mol. The largest absolute Gasteiger partial charge is 0.434 e. The van der Waals surface area contributed by atoms with Crippen LogP contribution in [0.2, 0.25) is 0 Å². The summed E-state index contributed by atoms with van der Waals surface area (Å²) in [7, 11) is 0. The lowest BCUT2D eigenvalue weighted by Gasteiger charge is -2.26. The Hall–Kier alpha value is -0.680. The molecule has 1 aromatic rings. The van der Waals surface area contributed by atoms with E-state index in [-0.39, 0.29) is 11.3 Å². The highest BCUT2D eigenvalue weighted by atomic mass is 79.9. The number of halogens is 3. The second kappa shape index (κ2) is 6.18. The molecule has 1 aliphatic rings. The van der Waals surface area contributed by atoms with Crippen LogP contribution in [0, 0.1) is 0 Å². The molecule has 19 heavy (non-hydrogen) atoms. The van der Waals surface area contributed by atoms with Gasteiger partial charge >= 0.3 is 6.61 Å². The lowest BCUT2D eigenvalue weighted by Crippen LogP contribution is -2.38. The zero-order chi connectivity index (χ0) is 13.9. The Morgan fingerprint density at radius 2 is 2.05 bits per heavy atom. The SMILES string of the molecule is CC1(NCc2cc(Br)ccc2OC(F)F)CCCC1. The lowest BCUT2D eigenvalue weighted by atomic mass is 10.0. The third kappa shape index (κ3) is 4.14. The molecule has 2 nitrogen and oxygen atoms in total. The fourth-order valence-corrected chi connectivity index (χ4v) is 2.95. The van der Waals surface area contributed by atoms with E-state index in [1.165, 1.54) is 12.8 Å². The van der Waals surface area contributed by atoms with Crippen molar-refractivity contribution in [3.8, 4) is 5.75 Å². The first-order valence-electron chi connectivity index (χ1n) is 6.47. The smallest absolute Gasteiger partial charge is 0.387 e. The molecule has 0 saturated heterocycles. The van der Waals surface area contributed by atoms with Crippen LogP contribution in [-0.4, -0.2) is 12.2 Å². The molecule has 0 aromatic heterocycles. The molecule has 0 unspecified atom stereocenters. The second-order valence-electron chi connectivity index (χ2n) is 5.25. The van der Waals surface area contributed by atoms with Gasteiger partial charge in [0, 0.05) is 22.1 Å². The molecule has 0 spiro atoms. The topological polar surface area (TPSA) is 21.3 Å². The van der Waals surface area contributed by atoms with Gasteiger partial charge in [-0.3, -0.25) is 0 Å². The van der Waals surface area contributed by atoms with Gasteiger partial charge in [0.1, 0.15) is 5.75 Å². The predicted molar refractivity (Wildman–Crippen MR) is 74.5 cm³/mol. The molecule has 106 valence electrons. The van der Waals surface area contributed by atoms with Crippen molar-refractivity contribution in [1.29, 1.82) is 0 Å². The van der Waals surface area contributed by atoms with Gasteiger partial charge in [-0.1, -0.05) is 28.8 Å². The van der Waals surface area contributed by atoms with Gasteiger partial charge in [0.25, 0.3) is 0 Å².